The zero-order valence-electron chi connectivity index (χ0n) is 33.1. The highest BCUT2D eigenvalue weighted by atomic mass is 79.9. The average Bonchev–Trinajstić information content (AvgIpc) is 3.88. The van der Waals surface area contributed by atoms with Crippen molar-refractivity contribution in [3.63, 3.8) is 0 Å². The Morgan fingerprint density at radius 2 is 1.12 bits per heavy atom. The molecule has 58 heavy (non-hydrogen) atoms. The largest absolute Gasteiger partial charge is 0.492 e. The quantitative estimate of drug-likeness (QED) is 0.129. The van der Waals surface area contributed by atoms with Crippen molar-refractivity contribution in [3.8, 4) is 44.9 Å². The standard InChI is InChI=1S/C27H30N4O2.C19H21BrN4O/c1-20(32)22-6-5-7-23(16-22)26-18-29-31-19-24(17-28-27(26)31)21-8-10-25(11-9-21)33-15-14-30-12-3-2-4-13-30;20-18-13-22-24-14-16(12-21-19(18)24)15-4-6-17(7-5-15)25-11-10-23-8-2-1-3-9-23/h5-11,16-20,32H,2-4,12-15H2,1H3;4-7,12-14H,1-3,8-11H2/t20-;/m1./s1. The average molecular weight is 844 g/mol. The molecule has 2 saturated heterocycles. The molecular formula is C46H51BrN8O3. The molecule has 4 aromatic heterocycles. The number of benzene rings is 3. The molecule has 0 radical (unpaired) electrons. The topological polar surface area (TPSA) is 106 Å². The molecule has 0 spiro atoms. The number of ether oxygens (including phenoxy) is 2. The van der Waals surface area contributed by atoms with Crippen LogP contribution in [0.3, 0.4) is 0 Å². The van der Waals surface area contributed by atoms with Crippen molar-refractivity contribution in [1.29, 1.82) is 0 Å². The predicted molar refractivity (Wildman–Crippen MR) is 232 cm³/mol. The van der Waals surface area contributed by atoms with Crippen LogP contribution in [0.5, 0.6) is 11.5 Å². The van der Waals surface area contributed by atoms with Gasteiger partial charge in [-0.2, -0.15) is 10.2 Å². The van der Waals surface area contributed by atoms with Gasteiger partial charge in [0.05, 0.1) is 23.0 Å². The van der Waals surface area contributed by atoms with Gasteiger partial charge in [-0.25, -0.2) is 19.0 Å². The molecule has 300 valence electrons. The van der Waals surface area contributed by atoms with Crippen molar-refractivity contribution < 1.29 is 14.6 Å². The van der Waals surface area contributed by atoms with Crippen LogP contribution in [0.4, 0.5) is 0 Å². The van der Waals surface area contributed by atoms with E-state index in [1.54, 1.807) is 17.6 Å². The zero-order valence-corrected chi connectivity index (χ0v) is 34.7. The first-order valence-corrected chi connectivity index (χ1v) is 21.3. The van der Waals surface area contributed by atoms with E-state index in [4.69, 9.17) is 14.5 Å². The minimum Gasteiger partial charge on any atom is -0.492 e. The van der Waals surface area contributed by atoms with E-state index in [0.717, 1.165) is 92.5 Å². The molecule has 2 fully saturated rings. The molecule has 1 atom stereocenters. The fraction of sp³-hybridized carbons (Fsp3) is 0.348. The number of aliphatic hydroxyl groups excluding tert-OH is 1. The molecule has 0 aliphatic carbocycles. The van der Waals surface area contributed by atoms with Crippen LogP contribution in [-0.2, 0) is 0 Å². The van der Waals surface area contributed by atoms with Crippen molar-refractivity contribution in [1.82, 2.24) is 39.0 Å². The van der Waals surface area contributed by atoms with Crippen LogP contribution in [0.2, 0.25) is 0 Å². The summed E-state index contributed by atoms with van der Waals surface area (Å²) in [6.45, 7) is 10.0. The third-order valence-electron chi connectivity index (χ3n) is 11.0. The maximum atomic E-state index is 9.90. The number of aromatic nitrogens is 6. The summed E-state index contributed by atoms with van der Waals surface area (Å²) in [4.78, 5) is 14.1. The Balaban J connectivity index is 0.000000168. The van der Waals surface area contributed by atoms with E-state index in [0.29, 0.717) is 0 Å². The number of fused-ring (bicyclic) bond motifs is 2. The third kappa shape index (κ3) is 9.93. The van der Waals surface area contributed by atoms with E-state index in [-0.39, 0.29) is 0 Å². The maximum absolute atomic E-state index is 9.90. The van der Waals surface area contributed by atoms with Gasteiger partial charge in [0.15, 0.2) is 11.3 Å². The Kier molecular flexibility index (Phi) is 13.0. The molecule has 1 N–H and O–H groups in total. The molecular weight excluding hydrogens is 792 g/mol. The highest BCUT2D eigenvalue weighted by Gasteiger charge is 2.13. The summed E-state index contributed by atoms with van der Waals surface area (Å²) < 4.78 is 16.3. The first-order chi connectivity index (χ1) is 28.5. The van der Waals surface area contributed by atoms with Gasteiger partial charge in [-0.3, -0.25) is 9.80 Å². The van der Waals surface area contributed by atoms with Crippen LogP contribution in [-0.4, -0.2) is 96.6 Å². The normalized spacial score (nSPS) is 15.6. The molecule has 0 saturated carbocycles. The predicted octanol–water partition coefficient (Wildman–Crippen LogP) is 9.00. The fourth-order valence-corrected chi connectivity index (χ4v) is 8.00. The smallest absolute Gasteiger partial charge is 0.169 e. The first-order valence-electron chi connectivity index (χ1n) is 20.5. The van der Waals surface area contributed by atoms with Gasteiger partial charge in [-0.05, 0) is 127 Å². The van der Waals surface area contributed by atoms with E-state index in [9.17, 15) is 5.11 Å². The third-order valence-corrected chi connectivity index (χ3v) is 11.5. The fourth-order valence-electron chi connectivity index (χ4n) is 7.63. The Hall–Kier alpha value is -5.14. The van der Waals surface area contributed by atoms with Gasteiger partial charge in [0.1, 0.15) is 24.7 Å². The van der Waals surface area contributed by atoms with Crippen LogP contribution in [0, 0.1) is 0 Å². The lowest BCUT2D eigenvalue weighted by Gasteiger charge is -2.26. The van der Waals surface area contributed by atoms with Gasteiger partial charge >= 0.3 is 0 Å². The second-order valence-corrected chi connectivity index (χ2v) is 16.0. The monoisotopic (exact) mass is 842 g/mol. The molecule has 0 amide bonds. The molecule has 11 nitrogen and oxygen atoms in total. The van der Waals surface area contributed by atoms with Crippen LogP contribution in [0.25, 0.3) is 44.7 Å². The molecule has 6 heterocycles. The number of hydrogen-bond acceptors (Lipinski definition) is 9. The minimum absolute atomic E-state index is 0.511. The van der Waals surface area contributed by atoms with Crippen molar-refractivity contribution in [2.45, 2.75) is 51.6 Å². The van der Waals surface area contributed by atoms with Gasteiger partial charge < -0.3 is 14.6 Å². The number of rotatable bonds is 12. The number of aliphatic hydroxyl groups is 1. The van der Waals surface area contributed by atoms with E-state index < -0.39 is 6.10 Å². The lowest BCUT2D eigenvalue weighted by molar-refractivity contribution is 0.183. The molecule has 3 aromatic carbocycles. The van der Waals surface area contributed by atoms with E-state index in [1.165, 1.54) is 64.7 Å². The lowest BCUT2D eigenvalue weighted by atomic mass is 10.0. The molecule has 0 unspecified atom stereocenters. The number of hydrogen-bond donors (Lipinski definition) is 1. The molecule has 7 aromatic rings. The number of halogens is 1. The van der Waals surface area contributed by atoms with Crippen molar-refractivity contribution >= 4 is 27.2 Å². The molecule has 2 aliphatic rings. The van der Waals surface area contributed by atoms with E-state index in [2.05, 4.69) is 65.2 Å². The van der Waals surface area contributed by atoms with E-state index in [1.807, 2.05) is 84.0 Å². The van der Waals surface area contributed by atoms with Gasteiger partial charge in [0.25, 0.3) is 0 Å². The Morgan fingerprint density at radius 3 is 1.67 bits per heavy atom. The lowest BCUT2D eigenvalue weighted by Crippen LogP contribution is -2.33. The number of likely N-dealkylation sites (tertiary alicyclic amines) is 2. The summed E-state index contributed by atoms with van der Waals surface area (Å²) >= 11 is 3.44. The first kappa shape index (κ1) is 39.7. The summed E-state index contributed by atoms with van der Waals surface area (Å²) in [5.41, 5.74) is 8.63. The Bertz CT molecular complexity index is 2380. The Labute approximate surface area is 348 Å². The van der Waals surface area contributed by atoms with Crippen LogP contribution in [0.15, 0.2) is 114 Å². The minimum atomic E-state index is -0.511. The highest BCUT2D eigenvalue weighted by molar-refractivity contribution is 9.10. The van der Waals surface area contributed by atoms with Crippen LogP contribution >= 0.6 is 15.9 Å². The summed E-state index contributed by atoms with van der Waals surface area (Å²) in [5.74, 6) is 1.81. The van der Waals surface area contributed by atoms with Gasteiger partial charge in [-0.1, -0.05) is 55.3 Å². The molecule has 0 bridgehead atoms. The summed E-state index contributed by atoms with van der Waals surface area (Å²) in [5, 5.41) is 18.7. The number of piperidine rings is 2. The number of nitrogens with zero attached hydrogens (tertiary/aromatic N) is 8. The summed E-state index contributed by atoms with van der Waals surface area (Å²) in [7, 11) is 0. The second-order valence-electron chi connectivity index (χ2n) is 15.1. The van der Waals surface area contributed by atoms with Crippen molar-refractivity contribution in [2.75, 3.05) is 52.5 Å². The maximum Gasteiger partial charge on any atom is 0.169 e. The zero-order chi connectivity index (χ0) is 39.7. The molecule has 9 rings (SSSR count). The van der Waals surface area contributed by atoms with Crippen molar-refractivity contribution in [2.24, 2.45) is 0 Å². The van der Waals surface area contributed by atoms with Gasteiger partial charge in [0.2, 0.25) is 0 Å². The summed E-state index contributed by atoms with van der Waals surface area (Å²) in [6.07, 6.45) is 18.8. The van der Waals surface area contributed by atoms with E-state index >= 15 is 0 Å². The Morgan fingerprint density at radius 1 is 0.603 bits per heavy atom. The van der Waals surface area contributed by atoms with Crippen LogP contribution in [0.1, 0.15) is 57.1 Å². The SMILES string of the molecule is Brc1cnn2cc(-c3ccc(OCCN4CCCCC4)cc3)cnc12.C[C@@H](O)c1cccc(-c2cnn3cc(-c4ccc(OCCN5CCCCC5)cc4)cnc23)c1. The summed E-state index contributed by atoms with van der Waals surface area (Å²) in [6, 6.07) is 24.2. The van der Waals surface area contributed by atoms with Gasteiger partial charge in [0, 0.05) is 54.6 Å². The molecule has 12 heteroatoms. The molecule has 2 aliphatic heterocycles. The van der Waals surface area contributed by atoms with Crippen LogP contribution < -0.4 is 9.47 Å². The highest BCUT2D eigenvalue weighted by Crippen LogP contribution is 2.29. The van der Waals surface area contributed by atoms with Crippen molar-refractivity contribution in [3.05, 3.63) is 120 Å². The van der Waals surface area contributed by atoms with Gasteiger partial charge in [-0.15, -0.1) is 0 Å². The second kappa shape index (κ2) is 19.1.